The number of esters is 1. The molecule has 1 aromatic carbocycles. The molecule has 6 nitrogen and oxygen atoms in total. The minimum absolute atomic E-state index is 0.0309. The summed E-state index contributed by atoms with van der Waals surface area (Å²) in [5.41, 5.74) is 0.894. The molecular formula is C12H13NO5S. The summed E-state index contributed by atoms with van der Waals surface area (Å²) in [6.45, 7) is 3.37. The predicted octanol–water partition coefficient (Wildman–Crippen LogP) is 0.887. The Balaban J connectivity index is 2.88. The predicted molar refractivity (Wildman–Crippen MR) is 68.5 cm³/mol. The monoisotopic (exact) mass is 283 g/mol. The van der Waals surface area contributed by atoms with Crippen molar-refractivity contribution >= 4 is 28.0 Å². The number of carbonyl (C=O) groups is 2. The highest BCUT2D eigenvalue weighted by Crippen LogP contribution is 2.12. The fraction of sp³-hybridized carbons (Fsp3) is 0.250. The van der Waals surface area contributed by atoms with Gasteiger partial charge in [0.15, 0.2) is 0 Å². The van der Waals surface area contributed by atoms with E-state index in [0.717, 1.165) is 5.56 Å². The van der Waals surface area contributed by atoms with Crippen LogP contribution in [0, 0.1) is 6.92 Å². The van der Waals surface area contributed by atoms with E-state index < -0.39 is 21.8 Å². The van der Waals surface area contributed by atoms with E-state index in [1.165, 1.54) is 19.1 Å². The molecule has 0 atom stereocenters. The molecule has 0 unspecified atom stereocenters. The molecule has 0 spiro atoms. The van der Waals surface area contributed by atoms with Gasteiger partial charge in [-0.05, 0) is 26.0 Å². The molecule has 0 amide bonds. The Hall–Kier alpha value is -2.02. The van der Waals surface area contributed by atoms with Crippen LogP contribution in [0.15, 0.2) is 33.6 Å². The third-order valence-corrected chi connectivity index (χ3v) is 3.36. The highest BCUT2D eigenvalue weighted by molar-refractivity contribution is 7.90. The molecular weight excluding hydrogens is 270 g/mol. The number of aryl methyl sites for hydroxylation is 1. The van der Waals surface area contributed by atoms with Crippen LogP contribution in [0.4, 0.5) is 0 Å². The van der Waals surface area contributed by atoms with Crippen molar-refractivity contribution in [2.24, 2.45) is 4.40 Å². The summed E-state index contributed by atoms with van der Waals surface area (Å²) in [4.78, 5) is 22.1. The zero-order valence-corrected chi connectivity index (χ0v) is 11.3. The van der Waals surface area contributed by atoms with Crippen LogP contribution < -0.4 is 0 Å². The van der Waals surface area contributed by atoms with Gasteiger partial charge in [0.2, 0.25) is 0 Å². The average molecular weight is 283 g/mol. The maximum atomic E-state index is 11.7. The van der Waals surface area contributed by atoms with Crippen molar-refractivity contribution in [1.29, 1.82) is 0 Å². The summed E-state index contributed by atoms with van der Waals surface area (Å²) < 4.78 is 31.0. The van der Waals surface area contributed by atoms with E-state index in [1.54, 1.807) is 12.1 Å². The zero-order chi connectivity index (χ0) is 14.5. The van der Waals surface area contributed by atoms with Gasteiger partial charge in [-0.25, -0.2) is 4.79 Å². The van der Waals surface area contributed by atoms with Crippen molar-refractivity contribution in [2.45, 2.75) is 18.7 Å². The number of ether oxygens (including phenoxy) is 1. The number of benzene rings is 1. The van der Waals surface area contributed by atoms with Gasteiger partial charge in [0.05, 0.1) is 17.7 Å². The molecule has 0 saturated heterocycles. The Morgan fingerprint density at radius 2 is 1.84 bits per heavy atom. The second kappa shape index (κ2) is 6.24. The van der Waals surface area contributed by atoms with Crippen LogP contribution in [0.25, 0.3) is 0 Å². The second-order valence-corrected chi connectivity index (χ2v) is 5.24. The zero-order valence-electron chi connectivity index (χ0n) is 10.5. The maximum absolute atomic E-state index is 11.7. The number of hydrogen-bond acceptors (Lipinski definition) is 5. The summed E-state index contributed by atoms with van der Waals surface area (Å²) in [5.74, 6) is -2.25. The van der Waals surface area contributed by atoms with Crippen LogP contribution in [0.1, 0.15) is 12.5 Å². The van der Waals surface area contributed by atoms with Gasteiger partial charge >= 0.3 is 5.97 Å². The van der Waals surface area contributed by atoms with Gasteiger partial charge in [0, 0.05) is 0 Å². The fourth-order valence-electron chi connectivity index (χ4n) is 1.14. The first-order valence-electron chi connectivity index (χ1n) is 5.45. The van der Waals surface area contributed by atoms with Crippen molar-refractivity contribution in [2.75, 3.05) is 6.61 Å². The standard InChI is InChI=1S/C12H13NO5S/c1-3-18-12(15)11(14)8-13-19(16,17)10-6-4-9(2)5-7-10/h4-8H,3H2,1-2H3/b13-8+. The lowest BCUT2D eigenvalue weighted by Gasteiger charge is -1.99. The van der Waals surface area contributed by atoms with Gasteiger partial charge in [-0.2, -0.15) is 12.8 Å². The largest absolute Gasteiger partial charge is 0.460 e. The Labute approximate surface area is 111 Å². The summed E-state index contributed by atoms with van der Waals surface area (Å²) in [6.07, 6.45) is 0.452. The number of ketones is 1. The minimum atomic E-state index is -3.98. The van der Waals surface area contributed by atoms with Crippen LogP contribution in [0.3, 0.4) is 0 Å². The summed E-state index contributed by atoms with van der Waals surface area (Å²) in [6, 6.07) is 5.96. The Bertz CT molecular complexity index is 602. The molecule has 0 N–H and O–H groups in total. The molecule has 0 aliphatic rings. The lowest BCUT2D eigenvalue weighted by atomic mass is 10.2. The lowest BCUT2D eigenvalue weighted by molar-refractivity contribution is -0.150. The summed E-state index contributed by atoms with van der Waals surface area (Å²) in [5, 5.41) is 0. The number of Topliss-reactive ketones (excluding diaryl/α,β-unsaturated/α-hetero) is 1. The quantitative estimate of drug-likeness (QED) is 0.454. The van der Waals surface area contributed by atoms with Crippen LogP contribution in [-0.4, -0.2) is 33.0 Å². The molecule has 0 aliphatic heterocycles. The molecule has 102 valence electrons. The molecule has 0 saturated carbocycles. The fourth-order valence-corrected chi connectivity index (χ4v) is 1.98. The first kappa shape index (κ1) is 15.0. The molecule has 1 rings (SSSR count). The van der Waals surface area contributed by atoms with Crippen molar-refractivity contribution < 1.29 is 22.7 Å². The molecule has 19 heavy (non-hydrogen) atoms. The minimum Gasteiger partial charge on any atom is -0.460 e. The first-order chi connectivity index (χ1) is 8.86. The van der Waals surface area contributed by atoms with E-state index in [2.05, 4.69) is 9.13 Å². The van der Waals surface area contributed by atoms with Gasteiger partial charge < -0.3 is 4.74 Å². The highest BCUT2D eigenvalue weighted by atomic mass is 32.2. The Morgan fingerprint density at radius 3 is 2.37 bits per heavy atom. The van der Waals surface area contributed by atoms with Gasteiger partial charge in [0.25, 0.3) is 15.8 Å². The van der Waals surface area contributed by atoms with Crippen molar-refractivity contribution in [3.63, 3.8) is 0 Å². The molecule has 0 aromatic heterocycles. The molecule has 0 radical (unpaired) electrons. The Kier molecular flexibility index (Phi) is 4.94. The molecule has 7 heteroatoms. The SMILES string of the molecule is CCOC(=O)C(=O)/C=N/S(=O)(=O)c1ccc(C)cc1. The van der Waals surface area contributed by atoms with E-state index in [9.17, 15) is 18.0 Å². The third-order valence-electron chi connectivity index (χ3n) is 2.10. The molecule has 0 fully saturated rings. The third kappa shape index (κ3) is 4.29. The number of sulfonamides is 1. The van der Waals surface area contributed by atoms with E-state index in [4.69, 9.17) is 0 Å². The maximum Gasteiger partial charge on any atom is 0.380 e. The van der Waals surface area contributed by atoms with Crippen molar-refractivity contribution in [1.82, 2.24) is 0 Å². The molecule has 1 aromatic rings. The van der Waals surface area contributed by atoms with Gasteiger partial charge in [-0.15, -0.1) is 0 Å². The highest BCUT2D eigenvalue weighted by Gasteiger charge is 2.16. The number of carbonyl (C=O) groups excluding carboxylic acids is 2. The molecule has 0 heterocycles. The molecule has 0 bridgehead atoms. The van der Waals surface area contributed by atoms with E-state index in [-0.39, 0.29) is 11.5 Å². The number of rotatable bonds is 5. The van der Waals surface area contributed by atoms with Crippen LogP contribution >= 0.6 is 0 Å². The molecule has 0 aliphatic carbocycles. The van der Waals surface area contributed by atoms with Crippen molar-refractivity contribution in [3.05, 3.63) is 29.8 Å². The lowest BCUT2D eigenvalue weighted by Crippen LogP contribution is -2.18. The van der Waals surface area contributed by atoms with E-state index >= 15 is 0 Å². The number of hydrogen-bond donors (Lipinski definition) is 0. The number of nitrogens with zero attached hydrogens (tertiary/aromatic N) is 1. The van der Waals surface area contributed by atoms with Crippen LogP contribution in [0.5, 0.6) is 0 Å². The summed E-state index contributed by atoms with van der Waals surface area (Å²) in [7, 11) is -3.98. The summed E-state index contributed by atoms with van der Waals surface area (Å²) >= 11 is 0. The Morgan fingerprint density at radius 1 is 1.26 bits per heavy atom. The smallest absolute Gasteiger partial charge is 0.380 e. The second-order valence-electron chi connectivity index (χ2n) is 3.61. The van der Waals surface area contributed by atoms with E-state index in [1.807, 2.05) is 6.92 Å². The van der Waals surface area contributed by atoms with Gasteiger partial charge in [-0.1, -0.05) is 17.7 Å². The van der Waals surface area contributed by atoms with Gasteiger partial charge in [0.1, 0.15) is 0 Å². The van der Waals surface area contributed by atoms with Crippen molar-refractivity contribution in [3.8, 4) is 0 Å². The topological polar surface area (TPSA) is 89.9 Å². The van der Waals surface area contributed by atoms with Gasteiger partial charge in [-0.3, -0.25) is 4.79 Å². The van der Waals surface area contributed by atoms with Crippen LogP contribution in [-0.2, 0) is 24.3 Å². The normalized spacial score (nSPS) is 11.5. The van der Waals surface area contributed by atoms with Crippen LogP contribution in [0.2, 0.25) is 0 Å². The van der Waals surface area contributed by atoms with E-state index in [0.29, 0.717) is 6.21 Å². The first-order valence-corrected chi connectivity index (χ1v) is 6.89. The average Bonchev–Trinajstić information content (AvgIpc) is 2.37.